The summed E-state index contributed by atoms with van der Waals surface area (Å²) in [6.45, 7) is 0. The number of allylic oxidation sites excluding steroid dienone is 1. The lowest BCUT2D eigenvalue weighted by molar-refractivity contribution is 0.0972. The number of carbonyl (C=O) groups excluding carboxylic acids is 1. The van der Waals surface area contributed by atoms with Gasteiger partial charge in [-0.2, -0.15) is 0 Å². The van der Waals surface area contributed by atoms with Gasteiger partial charge in [-0.1, -0.05) is 65.9 Å². The van der Waals surface area contributed by atoms with Crippen LogP contribution in [0.1, 0.15) is 10.4 Å². The van der Waals surface area contributed by atoms with Crippen LogP contribution < -0.4 is 4.87 Å². The number of hydrogen-bond acceptors (Lipinski definition) is 3. The van der Waals surface area contributed by atoms with Gasteiger partial charge >= 0.3 is 4.87 Å². The monoisotopic (exact) mass is 375 g/mol. The Labute approximate surface area is 158 Å². The maximum absolute atomic E-state index is 14.1. The molecule has 5 heteroatoms. The first-order chi connectivity index (χ1) is 13.1. The molecule has 0 saturated heterocycles. The van der Waals surface area contributed by atoms with Crippen molar-refractivity contribution in [3.05, 3.63) is 99.9 Å². The van der Waals surface area contributed by atoms with Crippen LogP contribution in [-0.2, 0) is 0 Å². The molecular formula is C22H14FNO2S. The highest BCUT2D eigenvalue weighted by molar-refractivity contribution is 7.16. The van der Waals surface area contributed by atoms with Crippen LogP contribution >= 0.6 is 11.3 Å². The summed E-state index contributed by atoms with van der Waals surface area (Å²) in [4.78, 5) is 24.2. The minimum absolute atomic E-state index is 0.0280. The van der Waals surface area contributed by atoms with Crippen LogP contribution in [0.4, 0.5) is 4.39 Å². The van der Waals surface area contributed by atoms with Gasteiger partial charge in [-0.3, -0.25) is 9.59 Å². The first-order valence-corrected chi connectivity index (χ1v) is 9.13. The molecule has 3 nitrogen and oxygen atoms in total. The fraction of sp³-hybridized carbons (Fsp3) is 0. The number of hydrogen-bond donors (Lipinski definition) is 0. The molecule has 0 radical (unpaired) electrons. The van der Waals surface area contributed by atoms with Crippen LogP contribution in [0.25, 0.3) is 27.4 Å². The molecule has 1 aromatic heterocycles. The van der Waals surface area contributed by atoms with E-state index in [4.69, 9.17) is 0 Å². The maximum Gasteiger partial charge on any atom is 0.315 e. The summed E-state index contributed by atoms with van der Waals surface area (Å²) in [5.41, 5.74) is 2.94. The average Bonchev–Trinajstić information content (AvgIpc) is 3.04. The molecule has 0 spiro atoms. The molecule has 132 valence electrons. The van der Waals surface area contributed by atoms with Crippen molar-refractivity contribution in [3.63, 3.8) is 0 Å². The number of benzene rings is 3. The Kier molecular flexibility index (Phi) is 4.52. The number of para-hydroxylation sites is 1. The topological polar surface area (TPSA) is 39.1 Å². The van der Waals surface area contributed by atoms with Crippen molar-refractivity contribution in [2.75, 3.05) is 0 Å². The minimum Gasteiger partial charge on any atom is -0.269 e. The zero-order chi connectivity index (χ0) is 18.8. The summed E-state index contributed by atoms with van der Waals surface area (Å²) in [5, 5.41) is 0. The van der Waals surface area contributed by atoms with Gasteiger partial charge in [-0.15, -0.1) is 0 Å². The van der Waals surface area contributed by atoms with Crippen LogP contribution in [0.2, 0.25) is 0 Å². The van der Waals surface area contributed by atoms with Gasteiger partial charge < -0.3 is 0 Å². The van der Waals surface area contributed by atoms with Gasteiger partial charge in [-0.25, -0.2) is 8.96 Å². The quantitative estimate of drug-likeness (QED) is 0.460. The third-order valence-electron chi connectivity index (χ3n) is 4.19. The molecule has 3 aromatic carbocycles. The number of thiazole rings is 1. The fourth-order valence-electron chi connectivity index (χ4n) is 2.92. The van der Waals surface area contributed by atoms with E-state index in [9.17, 15) is 14.0 Å². The van der Waals surface area contributed by atoms with Gasteiger partial charge in [0.05, 0.1) is 4.70 Å². The van der Waals surface area contributed by atoms with E-state index >= 15 is 0 Å². The SMILES string of the molecule is O=C(/C=C/c1cccc(-c2ccccc2)c1)n1c(=O)sc2cccc(F)c21. The Morgan fingerprint density at radius 1 is 0.926 bits per heavy atom. The van der Waals surface area contributed by atoms with Crippen LogP contribution in [0.3, 0.4) is 0 Å². The zero-order valence-electron chi connectivity index (χ0n) is 14.1. The molecule has 4 aromatic rings. The predicted octanol–water partition coefficient (Wildman–Crippen LogP) is 5.22. The summed E-state index contributed by atoms with van der Waals surface area (Å²) >= 11 is 0.855. The molecule has 1 heterocycles. The number of rotatable bonds is 3. The molecule has 0 unspecified atom stereocenters. The van der Waals surface area contributed by atoms with Gasteiger partial charge in [0.1, 0.15) is 11.3 Å². The minimum atomic E-state index is -0.585. The summed E-state index contributed by atoms with van der Waals surface area (Å²) in [5.74, 6) is -1.15. The van der Waals surface area contributed by atoms with Crippen molar-refractivity contribution in [2.45, 2.75) is 0 Å². The normalized spacial score (nSPS) is 11.3. The summed E-state index contributed by atoms with van der Waals surface area (Å²) < 4.78 is 15.4. The Morgan fingerprint density at radius 2 is 1.67 bits per heavy atom. The van der Waals surface area contributed by atoms with Crippen molar-refractivity contribution < 1.29 is 9.18 Å². The third-order valence-corrected chi connectivity index (χ3v) is 5.09. The van der Waals surface area contributed by atoms with Crippen LogP contribution in [0.15, 0.2) is 83.7 Å². The van der Waals surface area contributed by atoms with E-state index in [0.717, 1.165) is 32.6 Å². The molecule has 0 bridgehead atoms. The van der Waals surface area contributed by atoms with E-state index in [0.29, 0.717) is 4.70 Å². The molecule has 0 N–H and O–H groups in total. The van der Waals surface area contributed by atoms with Gasteiger partial charge in [0.25, 0.3) is 5.91 Å². The Bertz CT molecular complexity index is 1220. The molecular weight excluding hydrogens is 361 g/mol. The fourth-order valence-corrected chi connectivity index (χ4v) is 3.81. The number of aromatic nitrogens is 1. The first-order valence-electron chi connectivity index (χ1n) is 8.31. The van der Waals surface area contributed by atoms with Crippen LogP contribution in [0.5, 0.6) is 0 Å². The Morgan fingerprint density at radius 3 is 2.48 bits per heavy atom. The second kappa shape index (κ2) is 7.13. The second-order valence-corrected chi connectivity index (χ2v) is 6.95. The van der Waals surface area contributed by atoms with Crippen LogP contribution in [-0.4, -0.2) is 10.5 Å². The van der Waals surface area contributed by atoms with Gasteiger partial charge in [0.2, 0.25) is 0 Å². The number of carbonyl (C=O) groups is 1. The summed E-state index contributed by atoms with van der Waals surface area (Å²) in [6, 6.07) is 22.0. The lowest BCUT2D eigenvalue weighted by atomic mass is 10.0. The molecule has 0 amide bonds. The number of fused-ring (bicyclic) bond motifs is 1. The first kappa shape index (κ1) is 17.1. The van der Waals surface area contributed by atoms with E-state index in [1.807, 2.05) is 54.6 Å². The third kappa shape index (κ3) is 3.37. The predicted molar refractivity (Wildman–Crippen MR) is 108 cm³/mol. The molecule has 0 atom stereocenters. The molecule has 0 saturated carbocycles. The Balaban J connectivity index is 1.68. The lowest BCUT2D eigenvalue weighted by Crippen LogP contribution is -2.20. The highest BCUT2D eigenvalue weighted by Crippen LogP contribution is 2.22. The van der Waals surface area contributed by atoms with Gasteiger partial charge in [-0.05, 0) is 41.0 Å². The largest absolute Gasteiger partial charge is 0.315 e. The smallest absolute Gasteiger partial charge is 0.269 e. The molecule has 0 fully saturated rings. The molecule has 27 heavy (non-hydrogen) atoms. The summed E-state index contributed by atoms with van der Waals surface area (Å²) in [6.07, 6.45) is 2.93. The maximum atomic E-state index is 14.1. The average molecular weight is 375 g/mol. The highest BCUT2D eigenvalue weighted by Gasteiger charge is 2.15. The number of nitrogens with zero attached hydrogens (tertiary/aromatic N) is 1. The van der Waals surface area contributed by atoms with E-state index in [1.54, 1.807) is 12.1 Å². The molecule has 0 aliphatic carbocycles. The van der Waals surface area contributed by atoms with Crippen molar-refractivity contribution in [1.82, 2.24) is 4.57 Å². The van der Waals surface area contributed by atoms with Crippen molar-refractivity contribution in [1.29, 1.82) is 0 Å². The van der Waals surface area contributed by atoms with Crippen LogP contribution in [0, 0.1) is 5.82 Å². The van der Waals surface area contributed by atoms with E-state index in [2.05, 4.69) is 0 Å². The standard InChI is InChI=1S/C22H14FNO2S/c23-18-10-5-11-19-21(18)24(22(26)27-19)20(25)13-12-15-6-4-9-17(14-15)16-7-2-1-3-8-16/h1-14H/b13-12+. The van der Waals surface area contributed by atoms with Crippen molar-refractivity contribution in [3.8, 4) is 11.1 Å². The molecule has 4 rings (SSSR count). The van der Waals surface area contributed by atoms with Gasteiger partial charge in [0, 0.05) is 6.08 Å². The van der Waals surface area contributed by atoms with E-state index < -0.39 is 16.6 Å². The lowest BCUT2D eigenvalue weighted by Gasteiger charge is -2.03. The Hall–Kier alpha value is -3.31. The van der Waals surface area contributed by atoms with Crippen molar-refractivity contribution in [2.24, 2.45) is 0 Å². The summed E-state index contributed by atoms with van der Waals surface area (Å²) in [7, 11) is 0. The molecule has 0 aliphatic heterocycles. The second-order valence-electron chi connectivity index (χ2n) is 5.95. The number of halogens is 1. The molecule has 0 aliphatic rings. The van der Waals surface area contributed by atoms with Crippen molar-refractivity contribution >= 4 is 33.5 Å². The highest BCUT2D eigenvalue weighted by atomic mass is 32.1. The van der Waals surface area contributed by atoms with E-state index in [1.165, 1.54) is 18.2 Å². The van der Waals surface area contributed by atoms with E-state index in [-0.39, 0.29) is 5.52 Å². The zero-order valence-corrected chi connectivity index (χ0v) is 14.9. The van der Waals surface area contributed by atoms with Gasteiger partial charge in [0.15, 0.2) is 0 Å².